The molecule has 1 aromatic carbocycles. The molecule has 2 rings (SSSR count). The van der Waals surface area contributed by atoms with Crippen LogP contribution in [0.5, 0.6) is 11.5 Å². The highest BCUT2D eigenvalue weighted by molar-refractivity contribution is 5.88. The number of ether oxygens (including phenoxy) is 2. The van der Waals surface area contributed by atoms with Gasteiger partial charge in [0.15, 0.2) is 11.5 Å². The first-order chi connectivity index (χ1) is 9.06. The van der Waals surface area contributed by atoms with E-state index in [2.05, 4.69) is 5.32 Å². The number of carbonyl (C=O) groups is 1. The van der Waals surface area contributed by atoms with Crippen molar-refractivity contribution in [2.45, 2.75) is 12.5 Å². The number of carbonyl (C=O) groups excluding carboxylic acids is 1. The van der Waals surface area contributed by atoms with E-state index >= 15 is 0 Å². The van der Waals surface area contributed by atoms with Crippen molar-refractivity contribution in [2.24, 2.45) is 0 Å². The molecular weight excluding hydrogens is 246 g/mol. The number of nitrogens with zero attached hydrogens (tertiary/aromatic N) is 1. The van der Waals surface area contributed by atoms with Crippen molar-refractivity contribution in [3.05, 3.63) is 12.1 Å². The van der Waals surface area contributed by atoms with Gasteiger partial charge in [0.05, 0.1) is 25.6 Å². The summed E-state index contributed by atoms with van der Waals surface area (Å²) in [5.41, 5.74) is 7.17. The Bertz CT molecular complexity index is 490. The average molecular weight is 265 g/mol. The zero-order valence-corrected chi connectivity index (χ0v) is 11.4. The minimum atomic E-state index is -0.231. The summed E-state index contributed by atoms with van der Waals surface area (Å²) in [5, 5.41) is 3.16. The van der Waals surface area contributed by atoms with Crippen LogP contribution in [0.1, 0.15) is 6.42 Å². The second-order valence-electron chi connectivity index (χ2n) is 4.54. The highest BCUT2D eigenvalue weighted by Crippen LogP contribution is 2.35. The van der Waals surface area contributed by atoms with Gasteiger partial charge in [0.2, 0.25) is 5.91 Å². The molecule has 1 aromatic rings. The molecule has 6 nitrogen and oxygen atoms in total. The second-order valence-corrected chi connectivity index (χ2v) is 4.54. The lowest BCUT2D eigenvalue weighted by Gasteiger charge is -2.17. The number of amides is 1. The van der Waals surface area contributed by atoms with Crippen molar-refractivity contribution in [3.8, 4) is 11.5 Å². The summed E-state index contributed by atoms with van der Waals surface area (Å²) < 4.78 is 10.4. The molecule has 3 N–H and O–H groups in total. The maximum atomic E-state index is 11.9. The summed E-state index contributed by atoms with van der Waals surface area (Å²) in [5.74, 6) is 1.23. The zero-order chi connectivity index (χ0) is 14.0. The van der Waals surface area contributed by atoms with Gasteiger partial charge in [-0.3, -0.25) is 4.79 Å². The minimum absolute atomic E-state index is 0.0779. The fraction of sp³-hybridized carbons (Fsp3) is 0.462. The SMILES string of the molecule is COc1cc(N)c(NC2CCN(C)C2=O)cc1OC. The van der Waals surface area contributed by atoms with Crippen LogP contribution in [0.25, 0.3) is 0 Å². The van der Waals surface area contributed by atoms with Gasteiger partial charge in [-0.25, -0.2) is 0 Å². The van der Waals surface area contributed by atoms with Crippen LogP contribution in [0.15, 0.2) is 12.1 Å². The molecule has 0 aromatic heterocycles. The molecule has 0 bridgehead atoms. The van der Waals surface area contributed by atoms with Crippen molar-refractivity contribution in [3.63, 3.8) is 0 Å². The maximum Gasteiger partial charge on any atom is 0.244 e. The molecule has 1 aliphatic heterocycles. The fourth-order valence-electron chi connectivity index (χ4n) is 2.16. The van der Waals surface area contributed by atoms with E-state index in [0.29, 0.717) is 22.9 Å². The molecule has 1 saturated heterocycles. The van der Waals surface area contributed by atoms with Gasteiger partial charge in [-0.15, -0.1) is 0 Å². The van der Waals surface area contributed by atoms with Gasteiger partial charge in [-0.05, 0) is 6.42 Å². The van der Waals surface area contributed by atoms with Crippen LogP contribution in [0, 0.1) is 0 Å². The van der Waals surface area contributed by atoms with Crippen molar-refractivity contribution in [1.29, 1.82) is 0 Å². The third-order valence-corrected chi connectivity index (χ3v) is 3.31. The van der Waals surface area contributed by atoms with E-state index in [1.165, 1.54) is 0 Å². The number of hydrogen-bond acceptors (Lipinski definition) is 5. The molecule has 1 heterocycles. The summed E-state index contributed by atoms with van der Waals surface area (Å²) in [6.07, 6.45) is 0.767. The van der Waals surface area contributed by atoms with E-state index < -0.39 is 0 Å². The minimum Gasteiger partial charge on any atom is -0.493 e. The predicted octanol–water partition coefficient (Wildman–Crippen LogP) is 0.929. The Hall–Kier alpha value is -2.11. The lowest BCUT2D eigenvalue weighted by atomic mass is 10.2. The smallest absolute Gasteiger partial charge is 0.244 e. The molecule has 1 unspecified atom stereocenters. The Kier molecular flexibility index (Phi) is 3.69. The van der Waals surface area contributed by atoms with Gasteiger partial charge in [0.1, 0.15) is 6.04 Å². The molecule has 0 saturated carbocycles. The van der Waals surface area contributed by atoms with Crippen LogP contribution >= 0.6 is 0 Å². The molecule has 104 valence electrons. The Morgan fingerprint density at radius 3 is 2.47 bits per heavy atom. The highest BCUT2D eigenvalue weighted by Gasteiger charge is 2.29. The molecule has 1 fully saturated rings. The molecule has 0 aliphatic carbocycles. The fourth-order valence-corrected chi connectivity index (χ4v) is 2.16. The first-order valence-electron chi connectivity index (χ1n) is 6.09. The Morgan fingerprint density at radius 2 is 1.95 bits per heavy atom. The zero-order valence-electron chi connectivity index (χ0n) is 11.4. The van der Waals surface area contributed by atoms with Gasteiger partial charge in [0.25, 0.3) is 0 Å². The van der Waals surface area contributed by atoms with Gasteiger partial charge in [-0.2, -0.15) is 0 Å². The highest BCUT2D eigenvalue weighted by atomic mass is 16.5. The first-order valence-corrected chi connectivity index (χ1v) is 6.09. The lowest BCUT2D eigenvalue weighted by Crippen LogP contribution is -2.31. The van der Waals surface area contributed by atoms with Gasteiger partial charge in [-0.1, -0.05) is 0 Å². The predicted molar refractivity (Wildman–Crippen MR) is 73.6 cm³/mol. The lowest BCUT2D eigenvalue weighted by molar-refractivity contribution is -0.127. The van der Waals surface area contributed by atoms with E-state index in [-0.39, 0.29) is 11.9 Å². The van der Waals surface area contributed by atoms with Crippen molar-refractivity contribution in [2.75, 3.05) is 38.9 Å². The van der Waals surface area contributed by atoms with Crippen LogP contribution in [-0.2, 0) is 4.79 Å². The van der Waals surface area contributed by atoms with Crippen LogP contribution in [0.4, 0.5) is 11.4 Å². The number of likely N-dealkylation sites (N-methyl/N-ethyl adjacent to an activating group) is 1. The van der Waals surface area contributed by atoms with Crippen molar-refractivity contribution >= 4 is 17.3 Å². The number of benzene rings is 1. The second kappa shape index (κ2) is 5.26. The molecule has 0 spiro atoms. The monoisotopic (exact) mass is 265 g/mol. The standard InChI is InChI=1S/C13H19N3O3/c1-16-5-4-9(13(16)17)15-10-7-12(19-3)11(18-2)6-8(10)14/h6-7,9,15H,4-5,14H2,1-3H3. The summed E-state index contributed by atoms with van der Waals surface area (Å²) in [7, 11) is 4.91. The number of nitrogens with two attached hydrogens (primary N) is 1. The number of methoxy groups -OCH3 is 2. The summed E-state index contributed by atoms with van der Waals surface area (Å²) in [6, 6.07) is 3.20. The Labute approximate surface area is 112 Å². The van der Waals surface area contributed by atoms with Crippen LogP contribution in [-0.4, -0.2) is 44.7 Å². The number of rotatable bonds is 4. The average Bonchev–Trinajstić information content (AvgIpc) is 2.72. The Balaban J connectivity index is 2.23. The molecular formula is C13H19N3O3. The molecule has 1 aliphatic rings. The van der Waals surface area contributed by atoms with Crippen LogP contribution in [0.2, 0.25) is 0 Å². The number of nitrogens with one attached hydrogen (secondary N) is 1. The van der Waals surface area contributed by atoms with Crippen LogP contribution < -0.4 is 20.5 Å². The van der Waals surface area contributed by atoms with E-state index in [0.717, 1.165) is 13.0 Å². The van der Waals surface area contributed by atoms with E-state index in [9.17, 15) is 4.79 Å². The number of anilines is 2. The van der Waals surface area contributed by atoms with E-state index in [1.807, 2.05) is 0 Å². The summed E-state index contributed by atoms with van der Waals surface area (Å²) in [6.45, 7) is 0.754. The van der Waals surface area contributed by atoms with E-state index in [1.54, 1.807) is 38.3 Å². The van der Waals surface area contributed by atoms with Gasteiger partial charge < -0.3 is 25.4 Å². The largest absolute Gasteiger partial charge is 0.493 e. The molecule has 1 amide bonds. The van der Waals surface area contributed by atoms with E-state index in [4.69, 9.17) is 15.2 Å². The third-order valence-electron chi connectivity index (χ3n) is 3.31. The normalized spacial score (nSPS) is 18.6. The van der Waals surface area contributed by atoms with Crippen molar-refractivity contribution < 1.29 is 14.3 Å². The molecule has 6 heteroatoms. The summed E-state index contributed by atoms with van der Waals surface area (Å²) >= 11 is 0. The van der Waals surface area contributed by atoms with Gasteiger partial charge in [0, 0.05) is 25.7 Å². The third kappa shape index (κ3) is 2.52. The molecule has 19 heavy (non-hydrogen) atoms. The van der Waals surface area contributed by atoms with Gasteiger partial charge >= 0.3 is 0 Å². The molecule has 1 atom stereocenters. The Morgan fingerprint density at radius 1 is 1.32 bits per heavy atom. The molecule has 0 radical (unpaired) electrons. The topological polar surface area (TPSA) is 76.8 Å². The number of likely N-dealkylation sites (tertiary alicyclic amines) is 1. The summed E-state index contributed by atoms with van der Waals surface area (Å²) in [4.78, 5) is 13.6. The quantitative estimate of drug-likeness (QED) is 0.792. The number of nitrogen functional groups attached to an aromatic ring is 1. The first kappa shape index (κ1) is 13.3. The van der Waals surface area contributed by atoms with Crippen molar-refractivity contribution in [1.82, 2.24) is 4.90 Å². The van der Waals surface area contributed by atoms with Crippen LogP contribution in [0.3, 0.4) is 0 Å². The number of hydrogen-bond donors (Lipinski definition) is 2. The maximum absolute atomic E-state index is 11.9.